The normalized spacial score (nSPS) is 20.3. The van der Waals surface area contributed by atoms with E-state index in [1.165, 1.54) is 0 Å². The lowest BCUT2D eigenvalue weighted by atomic mass is 9.89. The van der Waals surface area contributed by atoms with Gasteiger partial charge in [-0.15, -0.1) is 0 Å². The van der Waals surface area contributed by atoms with Crippen LogP contribution in [0.15, 0.2) is 36.4 Å². The van der Waals surface area contributed by atoms with Gasteiger partial charge in [0.2, 0.25) is 0 Å². The Bertz CT molecular complexity index is 1290. The van der Waals surface area contributed by atoms with Crippen molar-refractivity contribution in [3.8, 4) is 17.2 Å². The molecule has 6 rings (SSSR count). The lowest BCUT2D eigenvalue weighted by Gasteiger charge is -2.36. The summed E-state index contributed by atoms with van der Waals surface area (Å²) in [6.45, 7) is 5.08. The van der Waals surface area contributed by atoms with Crippen molar-refractivity contribution in [2.45, 2.75) is 32.3 Å². The largest absolute Gasteiger partial charge is 0.486 e. The van der Waals surface area contributed by atoms with Crippen LogP contribution in [0.2, 0.25) is 0 Å². The number of aryl methyl sites for hydroxylation is 1. The van der Waals surface area contributed by atoms with Crippen molar-refractivity contribution >= 4 is 22.5 Å². The maximum absolute atomic E-state index is 15.0. The average molecular weight is 478 g/mol. The molecule has 1 fully saturated rings. The number of amides is 1. The maximum Gasteiger partial charge on any atom is 0.262 e. The first-order valence-electron chi connectivity index (χ1n) is 12.2. The quantitative estimate of drug-likeness (QED) is 0.610. The molecule has 0 radical (unpaired) electrons. The van der Waals surface area contributed by atoms with Gasteiger partial charge in [0.25, 0.3) is 5.91 Å². The van der Waals surface area contributed by atoms with Crippen LogP contribution in [0.4, 0.5) is 10.1 Å². The molecule has 35 heavy (non-hydrogen) atoms. The van der Waals surface area contributed by atoms with Crippen molar-refractivity contribution in [3.05, 3.63) is 53.5 Å². The highest BCUT2D eigenvalue weighted by atomic mass is 19.1. The van der Waals surface area contributed by atoms with Gasteiger partial charge in [-0.2, -0.15) is 0 Å². The molecule has 3 aliphatic heterocycles. The second-order valence-corrected chi connectivity index (χ2v) is 9.66. The fourth-order valence-corrected chi connectivity index (χ4v) is 5.25. The van der Waals surface area contributed by atoms with Crippen LogP contribution in [0.1, 0.15) is 24.1 Å². The molecule has 1 aromatic heterocycles. The van der Waals surface area contributed by atoms with E-state index in [0.717, 1.165) is 60.6 Å². The topological polar surface area (TPSA) is 72.9 Å². The van der Waals surface area contributed by atoms with Gasteiger partial charge in [0.15, 0.2) is 23.9 Å². The van der Waals surface area contributed by atoms with Crippen LogP contribution in [0.5, 0.6) is 17.2 Å². The minimum Gasteiger partial charge on any atom is -0.486 e. The molecule has 0 spiro atoms. The summed E-state index contributed by atoms with van der Waals surface area (Å²) < 4.78 is 32.7. The first kappa shape index (κ1) is 22.1. The van der Waals surface area contributed by atoms with Crippen LogP contribution in [0.25, 0.3) is 10.9 Å². The average Bonchev–Trinajstić information content (AvgIpc) is 2.87. The Morgan fingerprint density at radius 2 is 1.91 bits per heavy atom. The van der Waals surface area contributed by atoms with Gasteiger partial charge in [0.05, 0.1) is 5.52 Å². The predicted molar refractivity (Wildman–Crippen MR) is 130 cm³/mol. The van der Waals surface area contributed by atoms with Crippen LogP contribution in [0, 0.1) is 18.7 Å². The smallest absolute Gasteiger partial charge is 0.262 e. The number of aromatic nitrogens is 1. The van der Waals surface area contributed by atoms with Crippen molar-refractivity contribution in [2.75, 3.05) is 38.2 Å². The van der Waals surface area contributed by atoms with E-state index in [-0.39, 0.29) is 30.1 Å². The molecule has 0 unspecified atom stereocenters. The molecule has 7 nitrogen and oxygen atoms in total. The molecule has 0 bridgehead atoms. The molecular weight excluding hydrogens is 449 g/mol. The van der Waals surface area contributed by atoms with Gasteiger partial charge in [0, 0.05) is 17.6 Å². The lowest BCUT2D eigenvalue weighted by molar-refractivity contribution is -0.118. The van der Waals surface area contributed by atoms with Crippen LogP contribution in [-0.2, 0) is 11.2 Å². The van der Waals surface area contributed by atoms with Gasteiger partial charge in [0.1, 0.15) is 24.1 Å². The van der Waals surface area contributed by atoms with E-state index in [0.29, 0.717) is 30.3 Å². The number of fused-ring (bicyclic) bond motifs is 4. The molecule has 0 saturated carbocycles. The van der Waals surface area contributed by atoms with Gasteiger partial charge >= 0.3 is 0 Å². The summed E-state index contributed by atoms with van der Waals surface area (Å²) in [6.07, 6.45) is 2.57. The Balaban J connectivity index is 1.06. The number of benzene rings is 2. The summed E-state index contributed by atoms with van der Waals surface area (Å²) in [6, 6.07) is 11.5. The second-order valence-electron chi connectivity index (χ2n) is 9.66. The molecule has 3 aliphatic rings. The second kappa shape index (κ2) is 9.00. The third-order valence-electron chi connectivity index (χ3n) is 7.12. The van der Waals surface area contributed by atoms with Crippen molar-refractivity contribution in [3.63, 3.8) is 0 Å². The Morgan fingerprint density at radius 3 is 2.77 bits per heavy atom. The van der Waals surface area contributed by atoms with Crippen molar-refractivity contribution in [2.24, 2.45) is 5.92 Å². The zero-order valence-corrected chi connectivity index (χ0v) is 19.7. The number of hydrogen-bond donors (Lipinski definition) is 1. The summed E-state index contributed by atoms with van der Waals surface area (Å²) in [7, 11) is 0. The maximum atomic E-state index is 15.0. The number of halogens is 1. The van der Waals surface area contributed by atoms with Crippen LogP contribution < -0.4 is 19.5 Å². The lowest BCUT2D eigenvalue weighted by Crippen LogP contribution is -2.44. The SMILES string of the molecule is Cc1ccc2c3c(ccc2n1)OC[C@H](CN1CCC(Cc2ccc4c(c2F)NC(=O)CO4)CC1)O3. The summed E-state index contributed by atoms with van der Waals surface area (Å²) in [5.74, 6) is 1.64. The van der Waals surface area contributed by atoms with Crippen molar-refractivity contribution in [1.29, 1.82) is 0 Å². The Hall–Kier alpha value is -3.39. The number of anilines is 1. The van der Waals surface area contributed by atoms with Gasteiger partial charge < -0.3 is 19.5 Å². The fourth-order valence-electron chi connectivity index (χ4n) is 5.25. The van der Waals surface area contributed by atoms with Crippen LogP contribution in [0.3, 0.4) is 0 Å². The van der Waals surface area contributed by atoms with Crippen LogP contribution in [-0.4, -0.2) is 54.7 Å². The minimum absolute atomic E-state index is 0.0485. The summed E-state index contributed by atoms with van der Waals surface area (Å²) >= 11 is 0. The Labute approximate surface area is 203 Å². The van der Waals surface area contributed by atoms with E-state index in [4.69, 9.17) is 14.2 Å². The molecule has 1 atom stereocenters. The number of nitrogens with zero attached hydrogens (tertiary/aromatic N) is 2. The first-order valence-corrected chi connectivity index (χ1v) is 12.2. The number of rotatable bonds is 4. The van der Waals surface area contributed by atoms with E-state index >= 15 is 0 Å². The van der Waals surface area contributed by atoms with E-state index in [1.54, 1.807) is 12.1 Å². The Kier molecular flexibility index (Phi) is 5.68. The summed E-state index contributed by atoms with van der Waals surface area (Å²) in [5.41, 5.74) is 2.68. The number of likely N-dealkylation sites (tertiary alicyclic amines) is 1. The van der Waals surface area contributed by atoms with Gasteiger partial charge in [-0.25, -0.2) is 4.39 Å². The number of pyridine rings is 1. The van der Waals surface area contributed by atoms with E-state index in [2.05, 4.69) is 15.2 Å². The van der Waals surface area contributed by atoms with E-state index in [1.807, 2.05) is 31.2 Å². The molecule has 4 heterocycles. The number of hydrogen-bond acceptors (Lipinski definition) is 6. The van der Waals surface area contributed by atoms with Crippen LogP contribution >= 0.6 is 0 Å². The third-order valence-corrected chi connectivity index (χ3v) is 7.12. The van der Waals surface area contributed by atoms with Gasteiger partial charge in [-0.05, 0) is 81.1 Å². The van der Waals surface area contributed by atoms with E-state index in [9.17, 15) is 9.18 Å². The van der Waals surface area contributed by atoms with Crippen molar-refractivity contribution < 1.29 is 23.4 Å². The molecule has 1 amide bonds. The van der Waals surface area contributed by atoms with Crippen molar-refractivity contribution in [1.82, 2.24) is 9.88 Å². The number of nitrogens with one attached hydrogen (secondary N) is 1. The van der Waals surface area contributed by atoms with Gasteiger partial charge in [-0.1, -0.05) is 6.07 Å². The zero-order valence-electron chi connectivity index (χ0n) is 19.7. The minimum atomic E-state index is -0.374. The predicted octanol–water partition coefficient (Wildman–Crippen LogP) is 4.11. The Morgan fingerprint density at radius 1 is 1.09 bits per heavy atom. The number of piperidine rings is 1. The standard InChI is InChI=1S/C27H28FN3O4/c1-16-2-4-20-21(29-16)5-7-23-27(20)35-19(14-33-23)13-31-10-8-17(9-11-31)12-18-3-6-22-26(25(18)28)30-24(32)15-34-22/h2-7,17,19H,8-15H2,1H3,(H,30,32)/t19-/m0/s1. The number of carbonyl (C=O) groups excluding carboxylic acids is 1. The molecular formula is C27H28FN3O4. The zero-order chi connectivity index (χ0) is 23.9. The highest BCUT2D eigenvalue weighted by Gasteiger charge is 2.29. The molecule has 2 aromatic carbocycles. The molecule has 8 heteroatoms. The molecule has 1 N–H and O–H groups in total. The number of ether oxygens (including phenoxy) is 3. The summed E-state index contributed by atoms with van der Waals surface area (Å²) in [5, 5.41) is 3.58. The molecule has 182 valence electrons. The highest BCUT2D eigenvalue weighted by molar-refractivity contribution is 5.95. The van der Waals surface area contributed by atoms with E-state index < -0.39 is 0 Å². The number of carbonyl (C=O) groups is 1. The molecule has 3 aromatic rings. The molecule has 1 saturated heterocycles. The third kappa shape index (κ3) is 4.38. The van der Waals surface area contributed by atoms with Gasteiger partial charge in [-0.3, -0.25) is 14.7 Å². The fraction of sp³-hybridized carbons (Fsp3) is 0.407. The summed E-state index contributed by atoms with van der Waals surface area (Å²) in [4.78, 5) is 18.6. The highest BCUT2D eigenvalue weighted by Crippen LogP contribution is 2.39. The monoisotopic (exact) mass is 477 g/mol. The molecule has 0 aliphatic carbocycles. The first-order chi connectivity index (χ1) is 17.0.